The van der Waals surface area contributed by atoms with E-state index in [1.165, 1.54) is 41.6 Å². The van der Waals surface area contributed by atoms with Gasteiger partial charge in [0.2, 0.25) is 0 Å². The largest absolute Gasteiger partial charge is 0.299 e. The fourth-order valence-electron chi connectivity index (χ4n) is 4.73. The Hall–Kier alpha value is -1.37. The van der Waals surface area contributed by atoms with Crippen molar-refractivity contribution in [3.8, 4) is 0 Å². The van der Waals surface area contributed by atoms with Gasteiger partial charge in [-0.15, -0.1) is 0 Å². The predicted molar refractivity (Wildman–Crippen MR) is 138 cm³/mol. The van der Waals surface area contributed by atoms with E-state index in [4.69, 9.17) is 0 Å². The molecule has 0 aliphatic heterocycles. The van der Waals surface area contributed by atoms with E-state index in [2.05, 4.69) is 79.7 Å². The van der Waals surface area contributed by atoms with Gasteiger partial charge in [0.15, 0.2) is 0 Å². The summed E-state index contributed by atoms with van der Waals surface area (Å²) in [7, 11) is 0. The summed E-state index contributed by atoms with van der Waals surface area (Å²) in [5.74, 6) is 1.32. The molecule has 3 atom stereocenters. The third kappa shape index (κ3) is 10.2. The minimum Gasteiger partial charge on any atom is -0.299 e. The Morgan fingerprint density at radius 2 is 1.29 bits per heavy atom. The van der Waals surface area contributed by atoms with Crippen LogP contribution in [0.3, 0.4) is 0 Å². The molecule has 0 bridgehead atoms. The molecule has 0 radical (unpaired) electrons. The van der Waals surface area contributed by atoms with Crippen molar-refractivity contribution < 1.29 is 4.79 Å². The number of Topliss-reactive ketones (excluding diaryl/α,β-unsaturated/α-hetero) is 1. The summed E-state index contributed by atoms with van der Waals surface area (Å²) in [5, 5.41) is 0. The van der Waals surface area contributed by atoms with Gasteiger partial charge in [-0.25, -0.2) is 0 Å². The van der Waals surface area contributed by atoms with Crippen LogP contribution in [0.2, 0.25) is 0 Å². The van der Waals surface area contributed by atoms with Gasteiger partial charge in [-0.05, 0) is 104 Å². The molecule has 1 saturated carbocycles. The van der Waals surface area contributed by atoms with Crippen LogP contribution in [0.4, 0.5) is 0 Å². The van der Waals surface area contributed by atoms with Crippen molar-refractivity contribution in [1.82, 2.24) is 0 Å². The SMILES string of the molecule is CC(C)=CCCC(C)=CCCC(C)=CCCC=C(C)CC[C@@]1(C)[C@H](C)CCC(=O)[C@@H]1C. The maximum Gasteiger partial charge on any atom is 0.136 e. The van der Waals surface area contributed by atoms with E-state index in [-0.39, 0.29) is 11.3 Å². The zero-order chi connectivity index (χ0) is 23.4. The summed E-state index contributed by atoms with van der Waals surface area (Å²) in [6, 6.07) is 0. The molecule has 0 aromatic rings. The predicted octanol–water partition coefficient (Wildman–Crippen LogP) is 9.55. The minimum absolute atomic E-state index is 0.165. The number of allylic oxidation sites excluding steroid dienone is 8. The highest BCUT2D eigenvalue weighted by Crippen LogP contribution is 2.47. The molecular formula is C30H50O. The Morgan fingerprint density at radius 3 is 1.84 bits per heavy atom. The highest BCUT2D eigenvalue weighted by Gasteiger charge is 2.42. The Kier molecular flexibility index (Phi) is 12.4. The van der Waals surface area contributed by atoms with Crippen molar-refractivity contribution in [3.63, 3.8) is 0 Å². The average molecular weight is 427 g/mol. The molecule has 0 aromatic carbocycles. The smallest absolute Gasteiger partial charge is 0.136 e. The summed E-state index contributed by atoms with van der Waals surface area (Å²) >= 11 is 0. The third-order valence-corrected chi connectivity index (χ3v) is 7.75. The van der Waals surface area contributed by atoms with Crippen LogP contribution in [-0.4, -0.2) is 5.78 Å². The van der Waals surface area contributed by atoms with Gasteiger partial charge in [0, 0.05) is 12.3 Å². The first kappa shape index (κ1) is 27.7. The topological polar surface area (TPSA) is 17.1 Å². The molecule has 1 fully saturated rings. The van der Waals surface area contributed by atoms with Crippen LogP contribution in [-0.2, 0) is 4.79 Å². The second-order valence-corrected chi connectivity index (χ2v) is 10.7. The van der Waals surface area contributed by atoms with Crippen LogP contribution >= 0.6 is 0 Å². The fourth-order valence-corrected chi connectivity index (χ4v) is 4.73. The van der Waals surface area contributed by atoms with Gasteiger partial charge >= 0.3 is 0 Å². The Labute approximate surface area is 194 Å². The lowest BCUT2D eigenvalue weighted by Crippen LogP contribution is -2.41. The number of rotatable bonds is 12. The molecule has 0 heterocycles. The Morgan fingerprint density at radius 1 is 0.806 bits per heavy atom. The normalized spacial score (nSPS) is 25.7. The highest BCUT2D eigenvalue weighted by atomic mass is 16.1. The van der Waals surface area contributed by atoms with Gasteiger partial charge in [-0.3, -0.25) is 4.79 Å². The molecular weight excluding hydrogens is 376 g/mol. The maximum atomic E-state index is 12.2. The summed E-state index contributed by atoms with van der Waals surface area (Å²) < 4.78 is 0. The van der Waals surface area contributed by atoms with Crippen molar-refractivity contribution in [1.29, 1.82) is 0 Å². The molecule has 176 valence electrons. The van der Waals surface area contributed by atoms with Crippen molar-refractivity contribution in [2.45, 2.75) is 120 Å². The number of ketones is 1. The van der Waals surface area contributed by atoms with E-state index in [9.17, 15) is 4.79 Å². The molecule has 31 heavy (non-hydrogen) atoms. The van der Waals surface area contributed by atoms with Crippen molar-refractivity contribution in [2.75, 3.05) is 0 Å². The summed E-state index contributed by atoms with van der Waals surface area (Å²) in [5.41, 5.74) is 6.09. The average Bonchev–Trinajstić information content (AvgIpc) is 2.71. The van der Waals surface area contributed by atoms with Gasteiger partial charge in [0.1, 0.15) is 5.78 Å². The van der Waals surface area contributed by atoms with Gasteiger partial charge in [-0.2, -0.15) is 0 Å². The van der Waals surface area contributed by atoms with Gasteiger partial charge in [0.25, 0.3) is 0 Å². The lowest BCUT2D eigenvalue weighted by atomic mass is 9.59. The van der Waals surface area contributed by atoms with Crippen LogP contribution in [0.25, 0.3) is 0 Å². The number of unbranched alkanes of at least 4 members (excludes halogenated alkanes) is 1. The molecule has 1 heteroatoms. The van der Waals surface area contributed by atoms with Crippen LogP contribution in [0.15, 0.2) is 46.6 Å². The molecule has 1 aliphatic rings. The van der Waals surface area contributed by atoms with Crippen molar-refractivity contribution >= 4 is 5.78 Å². The monoisotopic (exact) mass is 426 g/mol. The van der Waals surface area contributed by atoms with E-state index in [0.29, 0.717) is 11.7 Å². The second-order valence-electron chi connectivity index (χ2n) is 10.7. The number of carbonyl (C=O) groups excluding carboxylic acids is 1. The Bertz CT molecular complexity index is 683. The summed E-state index contributed by atoms with van der Waals surface area (Å²) in [6.45, 7) is 18.0. The first-order chi connectivity index (χ1) is 14.6. The maximum absolute atomic E-state index is 12.2. The van der Waals surface area contributed by atoms with E-state index in [1.807, 2.05) is 0 Å². The molecule has 0 unspecified atom stereocenters. The first-order valence-electron chi connectivity index (χ1n) is 12.7. The van der Waals surface area contributed by atoms with Crippen molar-refractivity contribution in [2.24, 2.45) is 17.3 Å². The summed E-state index contributed by atoms with van der Waals surface area (Å²) in [6.07, 6.45) is 20.6. The molecule has 0 saturated heterocycles. The molecule has 0 N–H and O–H groups in total. The molecule has 0 aromatic heterocycles. The molecule has 1 rings (SSSR count). The molecule has 1 nitrogen and oxygen atoms in total. The third-order valence-electron chi connectivity index (χ3n) is 7.75. The van der Waals surface area contributed by atoms with Crippen LogP contribution in [0, 0.1) is 17.3 Å². The van der Waals surface area contributed by atoms with Crippen LogP contribution in [0.5, 0.6) is 0 Å². The minimum atomic E-state index is 0.165. The van der Waals surface area contributed by atoms with Gasteiger partial charge in [-0.1, -0.05) is 67.4 Å². The van der Waals surface area contributed by atoms with Gasteiger partial charge < -0.3 is 0 Å². The number of carbonyl (C=O) groups is 1. The second kappa shape index (κ2) is 13.9. The van der Waals surface area contributed by atoms with E-state index in [1.54, 1.807) is 0 Å². The molecule has 1 aliphatic carbocycles. The summed E-state index contributed by atoms with van der Waals surface area (Å²) in [4.78, 5) is 12.2. The van der Waals surface area contributed by atoms with Crippen LogP contribution in [0.1, 0.15) is 120 Å². The van der Waals surface area contributed by atoms with Crippen molar-refractivity contribution in [3.05, 3.63) is 46.6 Å². The number of hydrogen-bond donors (Lipinski definition) is 0. The molecule has 0 amide bonds. The molecule has 0 spiro atoms. The van der Waals surface area contributed by atoms with E-state index in [0.717, 1.165) is 44.9 Å². The lowest BCUT2D eigenvalue weighted by Gasteiger charge is -2.44. The standard InChI is InChI=1S/C30H50O/c1-23(2)13-11-16-25(4)18-12-17-24(3)14-9-10-15-26(5)21-22-30(8)27(6)19-20-29(31)28(30)7/h13-15,18,27-28H,9-12,16-17,19-22H2,1-8H3/t27-,28+,30+/m1/s1. The zero-order valence-electron chi connectivity index (χ0n) is 21.9. The Balaban J connectivity index is 2.35. The highest BCUT2D eigenvalue weighted by molar-refractivity contribution is 5.82. The van der Waals surface area contributed by atoms with Gasteiger partial charge in [0.05, 0.1) is 0 Å². The fraction of sp³-hybridized carbons (Fsp3) is 0.700. The van der Waals surface area contributed by atoms with E-state index >= 15 is 0 Å². The zero-order valence-corrected chi connectivity index (χ0v) is 21.9. The van der Waals surface area contributed by atoms with Crippen LogP contribution < -0.4 is 0 Å². The lowest BCUT2D eigenvalue weighted by molar-refractivity contribution is -0.132. The number of hydrogen-bond acceptors (Lipinski definition) is 1. The first-order valence-corrected chi connectivity index (χ1v) is 12.7. The van der Waals surface area contributed by atoms with E-state index < -0.39 is 0 Å². The quantitative estimate of drug-likeness (QED) is 0.224.